The highest BCUT2D eigenvalue weighted by Crippen LogP contribution is 2.39. The number of anilines is 1. The monoisotopic (exact) mass is 525 g/mol. The van der Waals surface area contributed by atoms with Gasteiger partial charge in [-0.25, -0.2) is 13.2 Å². The fraction of sp³-hybridized carbons (Fsp3) is 0.409. The number of halogens is 1. The minimum absolute atomic E-state index is 0.0567. The van der Waals surface area contributed by atoms with E-state index in [2.05, 4.69) is 10.6 Å². The van der Waals surface area contributed by atoms with Crippen molar-refractivity contribution in [3.05, 3.63) is 45.3 Å². The van der Waals surface area contributed by atoms with Crippen LogP contribution in [0.15, 0.2) is 29.2 Å². The summed E-state index contributed by atoms with van der Waals surface area (Å²) in [6.45, 7) is 1.95. The van der Waals surface area contributed by atoms with E-state index in [4.69, 9.17) is 16.3 Å². The molecule has 9 nitrogen and oxygen atoms in total. The van der Waals surface area contributed by atoms with E-state index in [-0.39, 0.29) is 23.6 Å². The number of carbonyl (C=O) groups is 3. The van der Waals surface area contributed by atoms with Crippen LogP contribution in [0.25, 0.3) is 0 Å². The minimum Gasteiger partial charge on any atom is -0.450 e. The lowest BCUT2D eigenvalue weighted by Gasteiger charge is -2.23. The van der Waals surface area contributed by atoms with Crippen LogP contribution in [0.2, 0.25) is 5.02 Å². The summed E-state index contributed by atoms with van der Waals surface area (Å²) < 4.78 is 32.3. The molecule has 1 fully saturated rings. The fourth-order valence-electron chi connectivity index (χ4n) is 4.28. The molecule has 1 aromatic heterocycles. The number of carbonyl (C=O) groups excluding carboxylic acids is 3. The lowest BCUT2D eigenvalue weighted by molar-refractivity contribution is -0.119. The Morgan fingerprint density at radius 1 is 1.18 bits per heavy atom. The average Bonchev–Trinajstić information content (AvgIpc) is 3.50. The molecule has 0 bridgehead atoms. The van der Waals surface area contributed by atoms with Gasteiger partial charge in [0.2, 0.25) is 15.9 Å². The van der Waals surface area contributed by atoms with Gasteiger partial charge >= 0.3 is 6.09 Å². The van der Waals surface area contributed by atoms with Gasteiger partial charge in [-0.3, -0.25) is 14.9 Å². The van der Waals surface area contributed by atoms with Crippen LogP contribution in [0.1, 0.15) is 47.0 Å². The molecule has 4 rings (SSSR count). The molecule has 12 heteroatoms. The smallest absolute Gasteiger partial charge is 0.414 e. The molecule has 3 amide bonds. The molecule has 2 aliphatic rings. The van der Waals surface area contributed by atoms with E-state index in [9.17, 15) is 22.8 Å². The summed E-state index contributed by atoms with van der Waals surface area (Å²) in [6, 6.07) is 4.88. The van der Waals surface area contributed by atoms with Gasteiger partial charge in [-0.05, 0) is 68.9 Å². The largest absolute Gasteiger partial charge is 0.450 e. The van der Waals surface area contributed by atoms with Gasteiger partial charge in [0.05, 0.1) is 17.1 Å². The van der Waals surface area contributed by atoms with E-state index in [1.165, 1.54) is 39.9 Å². The molecular formula is C22H24ClN3O6S2. The third-order valence-corrected chi connectivity index (χ3v) is 9.18. The van der Waals surface area contributed by atoms with Gasteiger partial charge in [-0.2, -0.15) is 4.31 Å². The topological polar surface area (TPSA) is 122 Å². The molecule has 2 N–H and O–H groups in total. The van der Waals surface area contributed by atoms with Crippen LogP contribution in [-0.2, 0) is 32.4 Å². The van der Waals surface area contributed by atoms with Crippen LogP contribution < -0.4 is 10.6 Å². The van der Waals surface area contributed by atoms with Gasteiger partial charge in [0.15, 0.2) is 0 Å². The van der Waals surface area contributed by atoms with Crippen molar-refractivity contribution in [3.8, 4) is 0 Å². The number of alkyl carbamates (subject to hydrolysis) is 1. The molecule has 2 heterocycles. The Kier molecular flexibility index (Phi) is 7.27. The standard InChI is InChI=1S/C22H24ClN3O6S2/c1-2-32-22(29)25-20(28)18-15-5-3-7-17(15)33-21(18)24-19(27)16-6-4-12-26(16)34(30,31)14-10-8-13(23)9-11-14/h8-11,16H,2-7,12H2,1H3,(H,24,27)(H,25,28,29). The van der Waals surface area contributed by atoms with Gasteiger partial charge in [0.1, 0.15) is 11.0 Å². The molecule has 2 aromatic rings. The van der Waals surface area contributed by atoms with E-state index in [0.717, 1.165) is 23.3 Å². The first-order valence-electron chi connectivity index (χ1n) is 10.9. The van der Waals surface area contributed by atoms with Gasteiger partial charge < -0.3 is 10.1 Å². The van der Waals surface area contributed by atoms with Crippen LogP contribution in [0.5, 0.6) is 0 Å². The molecule has 1 saturated heterocycles. The number of sulfonamides is 1. The molecule has 34 heavy (non-hydrogen) atoms. The van der Waals surface area contributed by atoms with Crippen LogP contribution in [0.3, 0.4) is 0 Å². The number of imide groups is 1. The van der Waals surface area contributed by atoms with Crippen LogP contribution in [0, 0.1) is 0 Å². The van der Waals surface area contributed by atoms with Crippen LogP contribution in [-0.4, -0.2) is 49.8 Å². The van der Waals surface area contributed by atoms with E-state index in [0.29, 0.717) is 29.3 Å². The predicted molar refractivity (Wildman–Crippen MR) is 128 cm³/mol. The Hall–Kier alpha value is -2.47. The van der Waals surface area contributed by atoms with Gasteiger partial charge in [-0.15, -0.1) is 11.3 Å². The van der Waals surface area contributed by atoms with Crippen molar-refractivity contribution in [2.24, 2.45) is 0 Å². The summed E-state index contributed by atoms with van der Waals surface area (Å²) in [6.07, 6.45) is 2.34. The number of fused-ring (bicyclic) bond motifs is 1. The Bertz CT molecular complexity index is 1230. The molecule has 1 aliphatic heterocycles. The zero-order valence-electron chi connectivity index (χ0n) is 18.4. The summed E-state index contributed by atoms with van der Waals surface area (Å²) in [4.78, 5) is 38.9. The lowest BCUT2D eigenvalue weighted by atomic mass is 10.1. The van der Waals surface area contributed by atoms with Crippen molar-refractivity contribution >= 4 is 55.9 Å². The Balaban J connectivity index is 1.57. The van der Waals surface area contributed by atoms with Crippen LogP contribution in [0.4, 0.5) is 9.80 Å². The molecule has 1 unspecified atom stereocenters. The average molecular weight is 526 g/mol. The molecule has 0 radical (unpaired) electrons. The van der Waals surface area contributed by atoms with E-state index >= 15 is 0 Å². The maximum Gasteiger partial charge on any atom is 0.414 e. The SMILES string of the molecule is CCOC(=O)NC(=O)c1c(NC(=O)C2CCCN2S(=O)(=O)c2ccc(Cl)cc2)sc2c1CCC2. The number of rotatable bonds is 6. The lowest BCUT2D eigenvalue weighted by Crippen LogP contribution is -2.43. The maximum atomic E-state index is 13.2. The molecule has 1 aromatic carbocycles. The normalized spacial score (nSPS) is 17.9. The third kappa shape index (κ3) is 4.83. The number of hydrogen-bond acceptors (Lipinski definition) is 7. The second-order valence-electron chi connectivity index (χ2n) is 7.95. The third-order valence-electron chi connectivity index (χ3n) is 5.80. The van der Waals surface area contributed by atoms with E-state index in [1.54, 1.807) is 6.92 Å². The highest BCUT2D eigenvalue weighted by atomic mass is 35.5. The number of nitrogens with one attached hydrogen (secondary N) is 2. The summed E-state index contributed by atoms with van der Waals surface area (Å²) in [7, 11) is -3.91. The molecular weight excluding hydrogens is 502 g/mol. The maximum absolute atomic E-state index is 13.2. The zero-order chi connectivity index (χ0) is 24.5. The first-order chi connectivity index (χ1) is 16.2. The number of hydrogen-bond donors (Lipinski definition) is 2. The first kappa shape index (κ1) is 24.6. The van der Waals surface area contributed by atoms with Crippen molar-refractivity contribution < 1.29 is 27.5 Å². The zero-order valence-corrected chi connectivity index (χ0v) is 20.8. The summed E-state index contributed by atoms with van der Waals surface area (Å²) >= 11 is 7.16. The summed E-state index contributed by atoms with van der Waals surface area (Å²) in [5.41, 5.74) is 1.04. The van der Waals surface area contributed by atoms with Gasteiger partial charge in [-0.1, -0.05) is 11.6 Å². The highest BCUT2D eigenvalue weighted by molar-refractivity contribution is 7.89. The van der Waals surface area contributed by atoms with E-state index in [1.807, 2.05) is 0 Å². The number of amides is 3. The number of benzene rings is 1. The van der Waals surface area contributed by atoms with Crippen LogP contribution >= 0.6 is 22.9 Å². The Morgan fingerprint density at radius 2 is 1.91 bits per heavy atom. The highest BCUT2D eigenvalue weighted by Gasteiger charge is 2.40. The Labute approximate surface area is 206 Å². The molecule has 0 saturated carbocycles. The quantitative estimate of drug-likeness (QED) is 0.594. The number of thiophene rings is 1. The summed E-state index contributed by atoms with van der Waals surface area (Å²) in [5, 5.41) is 5.69. The molecule has 182 valence electrons. The molecule has 1 aliphatic carbocycles. The summed E-state index contributed by atoms with van der Waals surface area (Å²) in [5.74, 6) is -1.16. The first-order valence-corrected chi connectivity index (χ1v) is 13.6. The molecule has 0 spiro atoms. The van der Waals surface area contributed by atoms with Gasteiger partial charge in [0.25, 0.3) is 5.91 Å². The number of aryl methyl sites for hydroxylation is 1. The minimum atomic E-state index is -3.91. The fourth-order valence-corrected chi connectivity index (χ4v) is 7.35. The second kappa shape index (κ2) is 10.0. The number of nitrogens with zero attached hydrogens (tertiary/aromatic N) is 1. The predicted octanol–water partition coefficient (Wildman–Crippen LogP) is 3.57. The van der Waals surface area contributed by atoms with E-state index < -0.39 is 34.0 Å². The Morgan fingerprint density at radius 3 is 2.62 bits per heavy atom. The van der Waals surface area contributed by atoms with Crippen molar-refractivity contribution in [1.29, 1.82) is 0 Å². The van der Waals surface area contributed by atoms with Crippen molar-refractivity contribution in [1.82, 2.24) is 9.62 Å². The second-order valence-corrected chi connectivity index (χ2v) is 11.4. The number of ether oxygens (including phenoxy) is 1. The van der Waals surface area contributed by atoms with Gasteiger partial charge in [0, 0.05) is 16.4 Å². The molecule has 1 atom stereocenters. The van der Waals surface area contributed by atoms with Crippen molar-refractivity contribution in [2.45, 2.75) is 50.0 Å². The van der Waals surface area contributed by atoms with Crippen molar-refractivity contribution in [2.75, 3.05) is 18.5 Å². The van der Waals surface area contributed by atoms with Crippen molar-refractivity contribution in [3.63, 3.8) is 0 Å².